The number of amides is 1. The number of nitrogens with one attached hydrogen (secondary N) is 1. The Morgan fingerprint density at radius 2 is 1.84 bits per heavy atom. The van der Waals surface area contributed by atoms with Crippen molar-refractivity contribution in [1.29, 1.82) is 0 Å². The van der Waals surface area contributed by atoms with Gasteiger partial charge in [0.15, 0.2) is 11.5 Å². The summed E-state index contributed by atoms with van der Waals surface area (Å²) in [5.41, 5.74) is 2.17. The lowest BCUT2D eigenvalue weighted by Gasteiger charge is -2.07. The predicted octanol–water partition coefficient (Wildman–Crippen LogP) is 3.89. The number of aryl methyl sites for hydroxylation is 1. The molecule has 164 valence electrons. The Morgan fingerprint density at radius 1 is 1.13 bits per heavy atom. The molecule has 3 rings (SSSR count). The molecule has 0 unspecified atom stereocenters. The Bertz CT molecular complexity index is 1080. The largest absolute Gasteiger partial charge is 0.493 e. The summed E-state index contributed by atoms with van der Waals surface area (Å²) in [6, 6.07) is 12.5. The standard InChI is InChI=1S/C22H23ClN2O5S/c1-14-18(25-22(30-14)16-6-9-19(28-2)20(10-16)29-3)12-31(27)13-21(26)24-11-15-4-7-17(23)8-5-15/h4-10H,11-13H2,1-3H3,(H,24,26)/t31-/m1/s1. The molecule has 0 aliphatic rings. The van der Waals surface area contributed by atoms with Crippen molar-refractivity contribution in [1.82, 2.24) is 10.3 Å². The zero-order valence-electron chi connectivity index (χ0n) is 17.4. The summed E-state index contributed by atoms with van der Waals surface area (Å²) in [6.45, 7) is 2.10. The highest BCUT2D eigenvalue weighted by molar-refractivity contribution is 7.84. The zero-order chi connectivity index (χ0) is 22.4. The first-order valence-corrected chi connectivity index (χ1v) is 11.3. The van der Waals surface area contributed by atoms with Crippen molar-refractivity contribution in [3.05, 3.63) is 64.5 Å². The minimum atomic E-state index is -1.43. The number of benzene rings is 2. The van der Waals surface area contributed by atoms with Crippen molar-refractivity contribution in [3.8, 4) is 23.0 Å². The molecular weight excluding hydrogens is 440 g/mol. The zero-order valence-corrected chi connectivity index (χ0v) is 19.0. The topological polar surface area (TPSA) is 90.7 Å². The van der Waals surface area contributed by atoms with Gasteiger partial charge in [0.1, 0.15) is 11.5 Å². The average molecular weight is 463 g/mol. The van der Waals surface area contributed by atoms with Gasteiger partial charge in [0.25, 0.3) is 0 Å². The number of hydrogen-bond donors (Lipinski definition) is 1. The first kappa shape index (κ1) is 22.8. The van der Waals surface area contributed by atoms with E-state index in [9.17, 15) is 9.00 Å². The van der Waals surface area contributed by atoms with Gasteiger partial charge in [-0.1, -0.05) is 23.7 Å². The van der Waals surface area contributed by atoms with Gasteiger partial charge in [0.2, 0.25) is 11.8 Å². The van der Waals surface area contributed by atoms with Crippen molar-refractivity contribution < 1.29 is 22.9 Å². The Kier molecular flexibility index (Phi) is 7.70. The highest BCUT2D eigenvalue weighted by Crippen LogP contribution is 2.32. The van der Waals surface area contributed by atoms with Gasteiger partial charge < -0.3 is 19.2 Å². The number of rotatable bonds is 9. The summed E-state index contributed by atoms with van der Waals surface area (Å²) in [7, 11) is 1.68. The Morgan fingerprint density at radius 3 is 2.52 bits per heavy atom. The Hall–Kier alpha value is -2.84. The van der Waals surface area contributed by atoms with E-state index in [-0.39, 0.29) is 17.4 Å². The molecule has 1 amide bonds. The summed E-state index contributed by atoms with van der Waals surface area (Å²) >= 11 is 5.85. The molecule has 1 aromatic heterocycles. The first-order chi connectivity index (χ1) is 14.9. The molecule has 0 spiro atoms. The molecule has 9 heteroatoms. The molecule has 31 heavy (non-hydrogen) atoms. The maximum absolute atomic E-state index is 12.5. The van der Waals surface area contributed by atoms with Crippen LogP contribution in [0.25, 0.3) is 11.5 Å². The summed E-state index contributed by atoms with van der Waals surface area (Å²) in [4.78, 5) is 16.6. The number of carbonyl (C=O) groups excluding carboxylic acids is 1. The molecule has 0 aliphatic heterocycles. The highest BCUT2D eigenvalue weighted by Gasteiger charge is 2.17. The van der Waals surface area contributed by atoms with E-state index in [1.54, 1.807) is 51.5 Å². The van der Waals surface area contributed by atoms with Crippen LogP contribution < -0.4 is 14.8 Å². The lowest BCUT2D eigenvalue weighted by Crippen LogP contribution is -2.28. The Balaban J connectivity index is 1.60. The van der Waals surface area contributed by atoms with E-state index in [4.69, 9.17) is 25.5 Å². The van der Waals surface area contributed by atoms with Crippen LogP contribution in [0.5, 0.6) is 11.5 Å². The third kappa shape index (κ3) is 6.08. The normalized spacial score (nSPS) is 11.7. The third-order valence-electron chi connectivity index (χ3n) is 4.52. The lowest BCUT2D eigenvalue weighted by molar-refractivity contribution is -0.118. The molecule has 2 aromatic carbocycles. The van der Waals surface area contributed by atoms with Crippen molar-refractivity contribution in [2.45, 2.75) is 19.2 Å². The summed E-state index contributed by atoms with van der Waals surface area (Å²) in [5.74, 6) is 1.80. The van der Waals surface area contributed by atoms with Crippen LogP contribution in [-0.2, 0) is 27.9 Å². The molecular formula is C22H23ClN2O5S. The van der Waals surface area contributed by atoms with Crippen LogP contribution in [0, 0.1) is 6.92 Å². The maximum Gasteiger partial charge on any atom is 0.232 e. The number of halogens is 1. The molecule has 7 nitrogen and oxygen atoms in total. The van der Waals surface area contributed by atoms with Crippen LogP contribution in [0.3, 0.4) is 0 Å². The molecule has 1 heterocycles. The molecule has 1 N–H and O–H groups in total. The summed E-state index contributed by atoms with van der Waals surface area (Å²) in [6.07, 6.45) is 0. The fourth-order valence-corrected chi connectivity index (χ4v) is 4.05. The number of hydrogen-bond acceptors (Lipinski definition) is 6. The lowest BCUT2D eigenvalue weighted by atomic mass is 10.2. The van der Waals surface area contributed by atoms with Crippen molar-refractivity contribution in [2.75, 3.05) is 20.0 Å². The van der Waals surface area contributed by atoms with Gasteiger partial charge in [0.05, 0.1) is 25.7 Å². The average Bonchev–Trinajstić information content (AvgIpc) is 3.12. The molecule has 0 aliphatic carbocycles. The smallest absolute Gasteiger partial charge is 0.232 e. The quantitative estimate of drug-likeness (QED) is 0.519. The van der Waals surface area contributed by atoms with Crippen molar-refractivity contribution in [3.63, 3.8) is 0 Å². The second-order valence-electron chi connectivity index (χ2n) is 6.72. The highest BCUT2D eigenvalue weighted by atomic mass is 35.5. The van der Waals surface area contributed by atoms with Gasteiger partial charge in [0, 0.05) is 27.9 Å². The van der Waals surface area contributed by atoms with E-state index in [1.165, 1.54) is 0 Å². The van der Waals surface area contributed by atoms with Gasteiger partial charge >= 0.3 is 0 Å². The number of aromatic nitrogens is 1. The summed E-state index contributed by atoms with van der Waals surface area (Å²) < 4.78 is 28.8. The molecule has 0 saturated heterocycles. The number of ether oxygens (including phenoxy) is 2. The Labute approximate surface area is 188 Å². The van der Waals surface area contributed by atoms with Gasteiger partial charge in [-0.3, -0.25) is 9.00 Å². The maximum atomic E-state index is 12.5. The van der Waals surface area contributed by atoms with Gasteiger partial charge in [-0.05, 0) is 42.8 Å². The van der Waals surface area contributed by atoms with Crippen LogP contribution in [-0.4, -0.2) is 35.1 Å². The summed E-state index contributed by atoms with van der Waals surface area (Å²) in [5, 5.41) is 3.39. The minimum absolute atomic E-state index is 0.119. The number of nitrogens with zero attached hydrogens (tertiary/aromatic N) is 1. The van der Waals surface area contributed by atoms with Crippen molar-refractivity contribution in [2.24, 2.45) is 0 Å². The molecule has 3 aromatic rings. The number of carbonyl (C=O) groups is 1. The number of methoxy groups -OCH3 is 2. The van der Waals surface area contributed by atoms with Crippen LogP contribution >= 0.6 is 11.6 Å². The van der Waals surface area contributed by atoms with Crippen LogP contribution in [0.2, 0.25) is 5.02 Å². The van der Waals surface area contributed by atoms with Gasteiger partial charge in [-0.2, -0.15) is 0 Å². The fraction of sp³-hybridized carbons (Fsp3) is 0.273. The van der Waals surface area contributed by atoms with E-state index in [2.05, 4.69) is 10.3 Å². The molecule has 1 atom stereocenters. The second-order valence-corrected chi connectivity index (χ2v) is 8.62. The van der Waals surface area contributed by atoms with E-state index < -0.39 is 10.8 Å². The third-order valence-corrected chi connectivity index (χ3v) is 5.95. The van der Waals surface area contributed by atoms with E-state index in [0.717, 1.165) is 5.56 Å². The molecule has 0 bridgehead atoms. The van der Waals surface area contributed by atoms with E-state index in [0.29, 0.717) is 46.0 Å². The van der Waals surface area contributed by atoms with Crippen LogP contribution in [0.15, 0.2) is 46.9 Å². The molecule has 0 fully saturated rings. The van der Waals surface area contributed by atoms with E-state index >= 15 is 0 Å². The number of oxazole rings is 1. The SMILES string of the molecule is COc1ccc(-c2nc(C[S@@](=O)CC(=O)NCc3ccc(Cl)cc3)c(C)o2)cc1OC. The molecule has 0 saturated carbocycles. The van der Waals surface area contributed by atoms with Crippen LogP contribution in [0.1, 0.15) is 17.0 Å². The van der Waals surface area contributed by atoms with Crippen molar-refractivity contribution >= 4 is 28.3 Å². The second kappa shape index (κ2) is 10.5. The monoisotopic (exact) mass is 462 g/mol. The first-order valence-electron chi connectivity index (χ1n) is 9.44. The fourth-order valence-electron chi connectivity index (χ4n) is 2.86. The van der Waals surface area contributed by atoms with Gasteiger partial charge in [-0.15, -0.1) is 0 Å². The van der Waals surface area contributed by atoms with Gasteiger partial charge in [-0.25, -0.2) is 4.98 Å². The molecule has 0 radical (unpaired) electrons. The predicted molar refractivity (Wildman–Crippen MR) is 120 cm³/mol. The van der Waals surface area contributed by atoms with E-state index in [1.807, 2.05) is 12.1 Å². The minimum Gasteiger partial charge on any atom is -0.493 e. The van der Waals surface area contributed by atoms with Crippen LogP contribution in [0.4, 0.5) is 0 Å².